The van der Waals surface area contributed by atoms with Crippen LogP contribution in [0.3, 0.4) is 0 Å². The molecule has 0 aromatic heterocycles. The summed E-state index contributed by atoms with van der Waals surface area (Å²) in [6.07, 6.45) is 3.84. The third-order valence-corrected chi connectivity index (χ3v) is 2.69. The number of aliphatic imine (C=N–C) groups is 1. The highest BCUT2D eigenvalue weighted by atomic mass is 16.5. The summed E-state index contributed by atoms with van der Waals surface area (Å²) in [6, 6.07) is 16.5. The van der Waals surface area contributed by atoms with Crippen LogP contribution in [0.5, 0.6) is 0 Å². The number of hydrogen-bond acceptors (Lipinski definition) is 3. The van der Waals surface area contributed by atoms with Crippen molar-refractivity contribution in [1.82, 2.24) is 0 Å². The van der Waals surface area contributed by atoms with Crippen molar-refractivity contribution in [2.45, 2.75) is 6.42 Å². The van der Waals surface area contributed by atoms with Gasteiger partial charge in [-0.05, 0) is 36.2 Å². The van der Waals surface area contributed by atoms with E-state index in [-0.39, 0.29) is 0 Å². The minimum Gasteiger partial charge on any atom is -0.411 e. The van der Waals surface area contributed by atoms with Crippen molar-refractivity contribution in [3.05, 3.63) is 78.4 Å². The second-order valence-electron chi connectivity index (χ2n) is 4.17. The quantitative estimate of drug-likeness (QED) is 0.355. The molecule has 0 heterocycles. The van der Waals surface area contributed by atoms with Crippen LogP contribution in [0.25, 0.3) is 0 Å². The van der Waals surface area contributed by atoms with Crippen LogP contribution < -0.4 is 0 Å². The molecule has 0 bridgehead atoms. The molecule has 2 aromatic carbocycles. The Labute approximate surface area is 118 Å². The van der Waals surface area contributed by atoms with Gasteiger partial charge in [0.1, 0.15) is 0 Å². The smallest absolute Gasteiger partial charge is 0.344 e. The molecule has 0 N–H and O–H groups in total. The molecule has 20 heavy (non-hydrogen) atoms. The van der Waals surface area contributed by atoms with Crippen LogP contribution in [0.1, 0.15) is 15.9 Å². The van der Waals surface area contributed by atoms with Gasteiger partial charge in [0.15, 0.2) is 6.40 Å². The summed E-state index contributed by atoms with van der Waals surface area (Å²) in [5.41, 5.74) is 2.40. The zero-order valence-electron chi connectivity index (χ0n) is 11.0. The van der Waals surface area contributed by atoms with Crippen molar-refractivity contribution in [2.75, 3.05) is 0 Å². The second kappa shape index (κ2) is 7.04. The van der Waals surface area contributed by atoms with E-state index in [1.54, 1.807) is 24.3 Å². The maximum Gasteiger partial charge on any atom is 0.344 e. The lowest BCUT2D eigenvalue weighted by Gasteiger charge is -1.99. The Morgan fingerprint density at radius 2 is 1.80 bits per heavy atom. The van der Waals surface area contributed by atoms with Crippen molar-refractivity contribution in [2.24, 2.45) is 4.99 Å². The Bertz CT molecular complexity index is 601. The Morgan fingerprint density at radius 3 is 2.45 bits per heavy atom. The highest BCUT2D eigenvalue weighted by Crippen LogP contribution is 2.13. The fourth-order valence-corrected chi connectivity index (χ4v) is 1.66. The van der Waals surface area contributed by atoms with Crippen molar-refractivity contribution in [3.63, 3.8) is 0 Å². The number of benzene rings is 2. The lowest BCUT2D eigenvalue weighted by molar-refractivity contribution is 0.0728. The highest BCUT2D eigenvalue weighted by Gasteiger charge is 2.03. The predicted molar refractivity (Wildman–Crippen MR) is 80.4 cm³/mol. The minimum atomic E-state index is -0.419. The first-order valence-electron chi connectivity index (χ1n) is 6.28. The van der Waals surface area contributed by atoms with Gasteiger partial charge in [-0.1, -0.05) is 36.4 Å². The molecule has 0 atom stereocenters. The molecule has 0 aliphatic rings. The molecular formula is C17H15NO2. The van der Waals surface area contributed by atoms with E-state index in [0.29, 0.717) is 5.56 Å². The average molecular weight is 265 g/mol. The van der Waals surface area contributed by atoms with Gasteiger partial charge in [-0.2, -0.15) is 0 Å². The summed E-state index contributed by atoms with van der Waals surface area (Å²) in [5.74, 6) is -0.419. The Balaban J connectivity index is 1.93. The number of hydrogen-bond donors (Lipinski definition) is 0. The topological polar surface area (TPSA) is 38.7 Å². The summed E-state index contributed by atoms with van der Waals surface area (Å²) in [5, 5.41) is 0. The number of carbonyl (C=O) groups is 1. The predicted octanol–water partition coefficient (Wildman–Crippen LogP) is 3.93. The van der Waals surface area contributed by atoms with Gasteiger partial charge in [0.05, 0.1) is 11.3 Å². The zero-order chi connectivity index (χ0) is 14.2. The summed E-state index contributed by atoms with van der Waals surface area (Å²) in [6.45, 7) is 3.69. The van der Waals surface area contributed by atoms with Gasteiger partial charge in [-0.3, -0.25) is 0 Å². The van der Waals surface area contributed by atoms with Gasteiger partial charge in [-0.15, -0.1) is 6.58 Å². The number of ether oxygens (including phenoxy) is 1. The van der Waals surface area contributed by atoms with Gasteiger partial charge >= 0.3 is 5.97 Å². The molecule has 0 aliphatic carbocycles. The van der Waals surface area contributed by atoms with E-state index in [0.717, 1.165) is 18.5 Å². The first-order chi connectivity index (χ1) is 9.79. The van der Waals surface area contributed by atoms with Crippen LogP contribution in [-0.4, -0.2) is 12.4 Å². The maximum atomic E-state index is 11.6. The molecule has 3 heteroatoms. The fraction of sp³-hybridized carbons (Fsp3) is 0.0588. The molecule has 0 unspecified atom stereocenters. The van der Waals surface area contributed by atoms with Crippen molar-refractivity contribution in [1.29, 1.82) is 0 Å². The lowest BCUT2D eigenvalue weighted by Crippen LogP contribution is -2.02. The van der Waals surface area contributed by atoms with E-state index < -0.39 is 5.97 Å². The number of nitrogens with zero attached hydrogens (tertiary/aromatic N) is 1. The lowest BCUT2D eigenvalue weighted by atomic mass is 10.1. The van der Waals surface area contributed by atoms with E-state index in [1.165, 1.54) is 5.56 Å². The van der Waals surface area contributed by atoms with Crippen LogP contribution in [0.15, 0.2) is 72.2 Å². The molecular weight excluding hydrogens is 250 g/mol. The third kappa shape index (κ3) is 3.92. The highest BCUT2D eigenvalue weighted by molar-refractivity contribution is 5.93. The van der Waals surface area contributed by atoms with E-state index >= 15 is 0 Å². The second-order valence-corrected chi connectivity index (χ2v) is 4.17. The van der Waals surface area contributed by atoms with Crippen molar-refractivity contribution < 1.29 is 9.53 Å². The zero-order valence-corrected chi connectivity index (χ0v) is 11.0. The molecule has 2 rings (SSSR count). The molecule has 2 aromatic rings. The standard InChI is InChI=1S/C17H15NO2/c1-2-6-14-9-11-16(12-10-14)18-13-20-17(19)15-7-4-3-5-8-15/h2-5,7-13H,1,6H2. The summed E-state index contributed by atoms with van der Waals surface area (Å²) < 4.78 is 4.96. The Kier molecular flexibility index (Phi) is 4.84. The van der Waals surface area contributed by atoms with Crippen molar-refractivity contribution >= 4 is 18.1 Å². The normalized spacial score (nSPS) is 10.4. The van der Waals surface area contributed by atoms with E-state index in [1.807, 2.05) is 36.4 Å². The molecule has 0 spiro atoms. The molecule has 0 saturated carbocycles. The van der Waals surface area contributed by atoms with Crippen LogP contribution in [0.2, 0.25) is 0 Å². The monoisotopic (exact) mass is 265 g/mol. The van der Waals surface area contributed by atoms with Crippen LogP contribution in [0.4, 0.5) is 5.69 Å². The fourth-order valence-electron chi connectivity index (χ4n) is 1.66. The number of esters is 1. The summed E-state index contributed by atoms with van der Waals surface area (Å²) in [7, 11) is 0. The molecule has 0 radical (unpaired) electrons. The van der Waals surface area contributed by atoms with E-state index in [4.69, 9.17) is 4.74 Å². The Hall–Kier alpha value is -2.68. The van der Waals surface area contributed by atoms with E-state index in [2.05, 4.69) is 11.6 Å². The summed E-state index contributed by atoms with van der Waals surface area (Å²) in [4.78, 5) is 15.7. The third-order valence-electron chi connectivity index (χ3n) is 2.69. The van der Waals surface area contributed by atoms with Crippen LogP contribution in [0, 0.1) is 0 Å². The molecule has 0 amide bonds. The average Bonchev–Trinajstić information content (AvgIpc) is 2.50. The van der Waals surface area contributed by atoms with Crippen LogP contribution in [-0.2, 0) is 11.2 Å². The van der Waals surface area contributed by atoms with Gasteiger partial charge in [0.25, 0.3) is 0 Å². The van der Waals surface area contributed by atoms with Gasteiger partial charge < -0.3 is 4.74 Å². The van der Waals surface area contributed by atoms with Crippen LogP contribution >= 0.6 is 0 Å². The molecule has 0 aliphatic heterocycles. The number of carbonyl (C=O) groups excluding carboxylic acids is 1. The number of allylic oxidation sites excluding steroid dienone is 1. The molecule has 3 nitrogen and oxygen atoms in total. The minimum absolute atomic E-state index is 0.419. The number of rotatable bonds is 5. The molecule has 100 valence electrons. The SMILES string of the molecule is C=CCc1ccc(N=COC(=O)c2ccccc2)cc1. The first-order valence-corrected chi connectivity index (χ1v) is 6.28. The van der Waals surface area contributed by atoms with Gasteiger partial charge in [-0.25, -0.2) is 9.79 Å². The van der Waals surface area contributed by atoms with Crippen molar-refractivity contribution in [3.8, 4) is 0 Å². The Morgan fingerprint density at radius 1 is 1.10 bits per heavy atom. The summed E-state index contributed by atoms with van der Waals surface area (Å²) >= 11 is 0. The maximum absolute atomic E-state index is 11.6. The van der Waals surface area contributed by atoms with E-state index in [9.17, 15) is 4.79 Å². The molecule has 0 fully saturated rings. The molecule has 0 saturated heterocycles. The van der Waals surface area contributed by atoms with Gasteiger partial charge in [0, 0.05) is 0 Å². The first kappa shape index (κ1) is 13.7. The largest absolute Gasteiger partial charge is 0.411 e. The van der Waals surface area contributed by atoms with Gasteiger partial charge in [0.2, 0.25) is 0 Å².